The Morgan fingerprint density at radius 1 is 1.11 bits per heavy atom. The second-order valence-corrected chi connectivity index (χ2v) is 8.41. The molecule has 0 aromatic heterocycles. The number of hydrogen-bond donors (Lipinski definition) is 0. The van der Waals surface area contributed by atoms with E-state index in [2.05, 4.69) is 0 Å². The molecule has 0 amide bonds. The van der Waals surface area contributed by atoms with E-state index in [1.165, 1.54) is 4.31 Å². The molecule has 2 aliphatic rings. The highest BCUT2D eigenvalue weighted by Crippen LogP contribution is 2.31. The summed E-state index contributed by atoms with van der Waals surface area (Å²) in [5.41, 5.74) is -0.544. The molecule has 1 saturated carbocycles. The Morgan fingerprint density at radius 2 is 1.63 bits per heavy atom. The Bertz CT molecular complexity index is 443. The molecule has 0 spiro atoms. The van der Waals surface area contributed by atoms with Crippen molar-refractivity contribution in [1.82, 2.24) is 9.37 Å². The van der Waals surface area contributed by atoms with Crippen LogP contribution in [0.1, 0.15) is 33.6 Å². The minimum atomic E-state index is -3.10. The van der Waals surface area contributed by atoms with E-state index in [1.54, 1.807) is 25.8 Å². The van der Waals surface area contributed by atoms with Gasteiger partial charge < -0.3 is 4.84 Å². The molecule has 1 aliphatic heterocycles. The lowest BCUT2D eigenvalue weighted by molar-refractivity contribution is -0.204. The first-order valence-electron chi connectivity index (χ1n) is 6.67. The molecule has 6 nitrogen and oxygen atoms in total. The molecule has 2 rings (SSSR count). The second kappa shape index (κ2) is 5.03. The van der Waals surface area contributed by atoms with E-state index in [0.29, 0.717) is 26.2 Å². The maximum absolute atomic E-state index is 12.0. The molecule has 1 heterocycles. The predicted molar refractivity (Wildman–Crippen MR) is 70.6 cm³/mol. The van der Waals surface area contributed by atoms with Crippen molar-refractivity contribution >= 4 is 16.0 Å². The minimum absolute atomic E-state index is 0.170. The number of sulfonamides is 1. The van der Waals surface area contributed by atoms with Crippen molar-refractivity contribution in [3.8, 4) is 0 Å². The van der Waals surface area contributed by atoms with Crippen LogP contribution in [-0.2, 0) is 19.7 Å². The van der Waals surface area contributed by atoms with Crippen LogP contribution in [0.25, 0.3) is 0 Å². The summed E-state index contributed by atoms with van der Waals surface area (Å²) >= 11 is 0. The second-order valence-electron chi connectivity index (χ2n) is 6.20. The lowest BCUT2D eigenvalue weighted by Gasteiger charge is -2.33. The standard InChI is InChI=1S/C12H22N2O4S/c1-12(2,3)11(15)18-13-6-8-14(9-7-13)19(16,17)10-4-5-10/h10H,4-9H2,1-3H3. The number of carbonyl (C=O) groups excluding carboxylic acids is 1. The fourth-order valence-electron chi connectivity index (χ4n) is 1.85. The van der Waals surface area contributed by atoms with Gasteiger partial charge in [0.25, 0.3) is 0 Å². The zero-order valence-corrected chi connectivity index (χ0v) is 12.6. The summed E-state index contributed by atoms with van der Waals surface area (Å²) in [5, 5.41) is 1.39. The molecule has 0 N–H and O–H groups in total. The number of hydroxylamine groups is 2. The van der Waals surface area contributed by atoms with Crippen molar-refractivity contribution in [1.29, 1.82) is 0 Å². The topological polar surface area (TPSA) is 66.9 Å². The van der Waals surface area contributed by atoms with Crippen LogP contribution >= 0.6 is 0 Å². The number of piperazine rings is 1. The van der Waals surface area contributed by atoms with E-state index in [9.17, 15) is 13.2 Å². The SMILES string of the molecule is CC(C)(C)C(=O)ON1CCN(S(=O)(=O)C2CC2)CC1. The molecule has 1 saturated heterocycles. The molecule has 0 aromatic rings. The van der Waals surface area contributed by atoms with Gasteiger partial charge in [-0.3, -0.25) is 0 Å². The van der Waals surface area contributed by atoms with Gasteiger partial charge in [0, 0.05) is 26.2 Å². The lowest BCUT2D eigenvalue weighted by atomic mass is 9.98. The van der Waals surface area contributed by atoms with Crippen LogP contribution in [0.5, 0.6) is 0 Å². The van der Waals surface area contributed by atoms with Crippen LogP contribution in [0.3, 0.4) is 0 Å². The predicted octanol–water partition coefficient (Wildman–Crippen LogP) is 0.601. The maximum atomic E-state index is 12.0. The zero-order valence-electron chi connectivity index (χ0n) is 11.8. The largest absolute Gasteiger partial charge is 0.367 e. The van der Waals surface area contributed by atoms with Crippen LogP contribution in [0.15, 0.2) is 0 Å². The molecule has 0 unspecified atom stereocenters. The van der Waals surface area contributed by atoms with E-state index in [1.807, 2.05) is 0 Å². The van der Waals surface area contributed by atoms with Gasteiger partial charge in [0.2, 0.25) is 10.0 Å². The van der Waals surface area contributed by atoms with Crippen LogP contribution in [0.4, 0.5) is 0 Å². The van der Waals surface area contributed by atoms with Gasteiger partial charge in [-0.15, -0.1) is 5.06 Å². The highest BCUT2D eigenvalue weighted by molar-refractivity contribution is 7.90. The quantitative estimate of drug-likeness (QED) is 0.761. The van der Waals surface area contributed by atoms with E-state index in [-0.39, 0.29) is 11.2 Å². The Labute approximate surface area is 114 Å². The van der Waals surface area contributed by atoms with Gasteiger partial charge >= 0.3 is 5.97 Å². The molecule has 2 fully saturated rings. The normalized spacial score (nSPS) is 23.3. The molecule has 0 bridgehead atoms. The van der Waals surface area contributed by atoms with Gasteiger partial charge in [-0.25, -0.2) is 13.2 Å². The van der Waals surface area contributed by atoms with Crippen LogP contribution in [0, 0.1) is 5.41 Å². The monoisotopic (exact) mass is 290 g/mol. The number of carbonyl (C=O) groups is 1. The van der Waals surface area contributed by atoms with E-state index >= 15 is 0 Å². The average molecular weight is 290 g/mol. The third kappa shape index (κ3) is 3.46. The van der Waals surface area contributed by atoms with Crippen molar-refractivity contribution in [2.75, 3.05) is 26.2 Å². The zero-order chi connectivity index (χ0) is 14.3. The molecular weight excluding hydrogens is 268 g/mol. The third-order valence-electron chi connectivity index (χ3n) is 3.33. The van der Waals surface area contributed by atoms with Crippen molar-refractivity contribution in [2.24, 2.45) is 5.41 Å². The fraction of sp³-hybridized carbons (Fsp3) is 0.917. The summed E-state index contributed by atoms with van der Waals surface area (Å²) < 4.78 is 25.6. The molecule has 7 heteroatoms. The molecule has 0 atom stereocenters. The lowest BCUT2D eigenvalue weighted by Crippen LogP contribution is -2.50. The smallest absolute Gasteiger partial charge is 0.330 e. The van der Waals surface area contributed by atoms with Gasteiger partial charge in [0.05, 0.1) is 10.7 Å². The van der Waals surface area contributed by atoms with Crippen molar-refractivity contribution < 1.29 is 18.0 Å². The fourth-order valence-corrected chi connectivity index (χ4v) is 3.67. The molecule has 0 radical (unpaired) electrons. The average Bonchev–Trinajstić information content (AvgIpc) is 3.12. The van der Waals surface area contributed by atoms with Gasteiger partial charge in [0.15, 0.2) is 0 Å². The first-order chi connectivity index (χ1) is 8.71. The first kappa shape index (κ1) is 14.7. The first-order valence-corrected chi connectivity index (χ1v) is 8.18. The Kier molecular flexibility index (Phi) is 3.90. The van der Waals surface area contributed by atoms with E-state index in [0.717, 1.165) is 12.8 Å². The van der Waals surface area contributed by atoms with Crippen molar-refractivity contribution in [3.63, 3.8) is 0 Å². The summed E-state index contributed by atoms with van der Waals surface area (Å²) in [6.07, 6.45) is 1.56. The van der Waals surface area contributed by atoms with Crippen molar-refractivity contribution in [2.45, 2.75) is 38.9 Å². The molecular formula is C12H22N2O4S. The van der Waals surface area contributed by atoms with Gasteiger partial charge in [-0.2, -0.15) is 4.31 Å². The Hall–Kier alpha value is -0.660. The molecule has 110 valence electrons. The number of rotatable bonds is 3. The van der Waals surface area contributed by atoms with Gasteiger partial charge in [-0.05, 0) is 33.6 Å². The summed E-state index contributed by atoms with van der Waals surface area (Å²) in [6, 6.07) is 0. The molecule has 0 aromatic carbocycles. The molecule has 1 aliphatic carbocycles. The Morgan fingerprint density at radius 3 is 2.05 bits per heavy atom. The van der Waals surface area contributed by atoms with Crippen LogP contribution in [-0.4, -0.2) is 55.2 Å². The number of nitrogens with zero attached hydrogens (tertiary/aromatic N) is 2. The highest BCUT2D eigenvalue weighted by Gasteiger charge is 2.41. The van der Waals surface area contributed by atoms with E-state index < -0.39 is 15.4 Å². The molecule has 19 heavy (non-hydrogen) atoms. The Balaban J connectivity index is 1.84. The summed E-state index contributed by atoms with van der Waals surface area (Å²) in [5.74, 6) is -0.286. The third-order valence-corrected chi connectivity index (χ3v) is 5.73. The maximum Gasteiger partial charge on any atom is 0.330 e. The summed E-state index contributed by atoms with van der Waals surface area (Å²) in [4.78, 5) is 17.0. The van der Waals surface area contributed by atoms with E-state index in [4.69, 9.17) is 4.84 Å². The number of hydrogen-bond acceptors (Lipinski definition) is 5. The highest BCUT2D eigenvalue weighted by atomic mass is 32.2. The van der Waals surface area contributed by atoms with Crippen LogP contribution in [0.2, 0.25) is 0 Å². The summed E-state index contributed by atoms with van der Waals surface area (Å²) in [7, 11) is -3.10. The summed E-state index contributed by atoms with van der Waals surface area (Å²) in [6.45, 7) is 7.06. The van der Waals surface area contributed by atoms with Crippen molar-refractivity contribution in [3.05, 3.63) is 0 Å². The van der Waals surface area contributed by atoms with Gasteiger partial charge in [0.1, 0.15) is 0 Å². The van der Waals surface area contributed by atoms with Crippen LogP contribution < -0.4 is 0 Å². The van der Waals surface area contributed by atoms with Gasteiger partial charge in [-0.1, -0.05) is 0 Å². The minimum Gasteiger partial charge on any atom is -0.367 e.